The van der Waals surface area contributed by atoms with Gasteiger partial charge in [0.05, 0.1) is 17.7 Å². The number of nitrogens with zero attached hydrogens (tertiary/aromatic N) is 3. The number of aromatic nitrogens is 2. The third-order valence-electron chi connectivity index (χ3n) is 6.83. The summed E-state index contributed by atoms with van der Waals surface area (Å²) in [5, 5.41) is 13.8. The molecule has 2 aromatic rings. The van der Waals surface area contributed by atoms with E-state index in [0.29, 0.717) is 0 Å². The normalized spacial score (nSPS) is 27.6. The van der Waals surface area contributed by atoms with Crippen LogP contribution in [-0.2, 0) is 16.1 Å². The number of ether oxygens (including phenoxy) is 1. The number of anilines is 2. The van der Waals surface area contributed by atoms with Gasteiger partial charge < -0.3 is 15.2 Å². The van der Waals surface area contributed by atoms with Crippen molar-refractivity contribution in [2.24, 2.45) is 11.8 Å². The van der Waals surface area contributed by atoms with E-state index in [-0.39, 0.29) is 18.3 Å². The number of rotatable bonds is 5. The standard InChI is InChI=1S/C22H26N4O3S/c1-29-22(10-19(27)28)15-3-2-4-16(22)13-26(12-15)11-14-5-6-18-17(9-14)25-20-21(30-18)24-8-7-23-20/h5-9,15-16H,2-4,10-13H2,1H3,(H,23,25)(H,27,28). The van der Waals surface area contributed by atoms with Gasteiger partial charge in [-0.1, -0.05) is 24.2 Å². The van der Waals surface area contributed by atoms with Crippen LogP contribution in [0.4, 0.5) is 11.5 Å². The Kier molecular flexibility index (Phi) is 5.16. The van der Waals surface area contributed by atoms with Crippen molar-refractivity contribution in [3.05, 3.63) is 36.2 Å². The number of hydrogen-bond donors (Lipinski definition) is 2. The Bertz CT molecular complexity index is 955. The van der Waals surface area contributed by atoms with Gasteiger partial charge in [0, 0.05) is 55.9 Å². The molecule has 0 radical (unpaired) electrons. The molecule has 1 aromatic heterocycles. The zero-order valence-electron chi connectivity index (χ0n) is 17.0. The Morgan fingerprint density at radius 1 is 1.30 bits per heavy atom. The smallest absolute Gasteiger partial charge is 0.306 e. The Hall–Kier alpha value is -2.16. The molecule has 1 saturated heterocycles. The number of fused-ring (bicyclic) bond motifs is 4. The summed E-state index contributed by atoms with van der Waals surface area (Å²) in [7, 11) is 1.69. The van der Waals surface area contributed by atoms with Crippen molar-refractivity contribution in [1.82, 2.24) is 14.9 Å². The summed E-state index contributed by atoms with van der Waals surface area (Å²) < 4.78 is 5.93. The highest BCUT2D eigenvalue weighted by Crippen LogP contribution is 2.48. The van der Waals surface area contributed by atoms with E-state index in [0.717, 1.165) is 60.3 Å². The number of aliphatic carboxylic acids is 1. The van der Waals surface area contributed by atoms with Crippen LogP contribution in [0.1, 0.15) is 31.2 Å². The molecule has 2 atom stereocenters. The van der Waals surface area contributed by atoms with Crippen LogP contribution in [0.3, 0.4) is 0 Å². The molecule has 1 saturated carbocycles. The molecular formula is C22H26N4O3S. The molecule has 0 amide bonds. The van der Waals surface area contributed by atoms with Crippen molar-refractivity contribution in [2.45, 2.75) is 47.8 Å². The minimum absolute atomic E-state index is 0.104. The zero-order chi connectivity index (χ0) is 20.7. The lowest BCUT2D eigenvalue weighted by atomic mass is 9.64. The van der Waals surface area contributed by atoms with E-state index < -0.39 is 11.6 Å². The quantitative estimate of drug-likeness (QED) is 0.637. The highest BCUT2D eigenvalue weighted by atomic mass is 32.2. The van der Waals surface area contributed by atoms with Gasteiger partial charge in [0.1, 0.15) is 5.03 Å². The number of carbonyl (C=O) groups is 1. The number of benzene rings is 1. The fourth-order valence-electron chi connectivity index (χ4n) is 5.52. The molecule has 3 heterocycles. The van der Waals surface area contributed by atoms with Gasteiger partial charge in [-0.15, -0.1) is 0 Å². The summed E-state index contributed by atoms with van der Waals surface area (Å²) >= 11 is 1.64. The molecule has 0 spiro atoms. The fourth-order valence-corrected chi connectivity index (χ4v) is 6.40. The average molecular weight is 427 g/mol. The van der Waals surface area contributed by atoms with Crippen LogP contribution in [0.15, 0.2) is 40.5 Å². The summed E-state index contributed by atoms with van der Waals surface area (Å²) in [6.07, 6.45) is 6.75. The number of hydrogen-bond acceptors (Lipinski definition) is 7. The molecule has 2 unspecified atom stereocenters. The third-order valence-corrected chi connectivity index (χ3v) is 7.89. The molecule has 30 heavy (non-hydrogen) atoms. The molecule has 2 bridgehead atoms. The molecule has 5 rings (SSSR count). The van der Waals surface area contributed by atoms with Gasteiger partial charge in [-0.3, -0.25) is 9.69 Å². The number of methoxy groups -OCH3 is 1. The minimum Gasteiger partial charge on any atom is -0.481 e. The first kappa shape index (κ1) is 19.8. The van der Waals surface area contributed by atoms with Crippen LogP contribution in [0.25, 0.3) is 0 Å². The summed E-state index contributed by atoms with van der Waals surface area (Å²) in [5.74, 6) is 0.571. The first-order chi connectivity index (χ1) is 14.6. The molecule has 8 heteroatoms. The summed E-state index contributed by atoms with van der Waals surface area (Å²) in [4.78, 5) is 23.9. The molecule has 2 N–H and O–H groups in total. The Labute approximate surface area is 180 Å². The molecule has 1 aromatic carbocycles. The van der Waals surface area contributed by atoms with Gasteiger partial charge in [0.2, 0.25) is 0 Å². The van der Waals surface area contributed by atoms with Crippen molar-refractivity contribution in [3.8, 4) is 0 Å². The van der Waals surface area contributed by atoms with Crippen LogP contribution in [0.5, 0.6) is 0 Å². The Morgan fingerprint density at radius 2 is 2.07 bits per heavy atom. The van der Waals surface area contributed by atoms with Gasteiger partial charge in [-0.25, -0.2) is 9.97 Å². The lowest BCUT2D eigenvalue weighted by Gasteiger charge is -2.54. The molecular weight excluding hydrogens is 400 g/mol. The number of carboxylic acids is 1. The second-order valence-corrected chi connectivity index (χ2v) is 9.55. The van der Waals surface area contributed by atoms with E-state index in [9.17, 15) is 9.90 Å². The Balaban J connectivity index is 1.33. The van der Waals surface area contributed by atoms with E-state index in [2.05, 4.69) is 38.4 Å². The number of likely N-dealkylation sites (tertiary alicyclic amines) is 1. The zero-order valence-corrected chi connectivity index (χ0v) is 17.8. The van der Waals surface area contributed by atoms with Gasteiger partial charge in [0.15, 0.2) is 5.82 Å². The number of carboxylic acid groups (broad SMARTS) is 1. The summed E-state index contributed by atoms with van der Waals surface area (Å²) in [6.45, 7) is 2.61. The maximum absolute atomic E-state index is 11.5. The third kappa shape index (κ3) is 3.46. The van der Waals surface area contributed by atoms with Crippen molar-refractivity contribution in [3.63, 3.8) is 0 Å². The van der Waals surface area contributed by atoms with E-state index in [1.165, 1.54) is 5.56 Å². The first-order valence-electron chi connectivity index (χ1n) is 10.5. The predicted molar refractivity (Wildman–Crippen MR) is 114 cm³/mol. The first-order valence-corrected chi connectivity index (χ1v) is 11.3. The highest BCUT2D eigenvalue weighted by molar-refractivity contribution is 7.99. The van der Waals surface area contributed by atoms with E-state index in [1.54, 1.807) is 31.3 Å². The minimum atomic E-state index is -0.760. The lowest BCUT2D eigenvalue weighted by Crippen LogP contribution is -2.61. The number of piperidine rings is 1. The molecule has 1 aliphatic carbocycles. The van der Waals surface area contributed by atoms with Crippen LogP contribution in [0.2, 0.25) is 0 Å². The topological polar surface area (TPSA) is 87.6 Å². The molecule has 158 valence electrons. The second-order valence-electron chi connectivity index (χ2n) is 8.52. The highest BCUT2D eigenvalue weighted by Gasteiger charge is 2.53. The van der Waals surface area contributed by atoms with E-state index in [4.69, 9.17) is 4.74 Å². The van der Waals surface area contributed by atoms with E-state index in [1.807, 2.05) is 0 Å². The molecule has 7 nitrogen and oxygen atoms in total. The summed E-state index contributed by atoms with van der Waals surface area (Å²) in [5.41, 5.74) is 1.80. The summed E-state index contributed by atoms with van der Waals surface area (Å²) in [6, 6.07) is 6.53. The SMILES string of the molecule is COC1(CC(=O)O)C2CCCC1CN(Cc1ccc3c(c1)Nc1nccnc1S3)C2. The second kappa shape index (κ2) is 7.83. The maximum Gasteiger partial charge on any atom is 0.306 e. The largest absolute Gasteiger partial charge is 0.481 e. The van der Waals surface area contributed by atoms with Crippen LogP contribution in [0, 0.1) is 11.8 Å². The molecule has 3 aliphatic rings. The molecule has 2 aliphatic heterocycles. The van der Waals surface area contributed by atoms with Crippen LogP contribution in [-0.4, -0.2) is 51.7 Å². The van der Waals surface area contributed by atoms with E-state index >= 15 is 0 Å². The predicted octanol–water partition coefficient (Wildman–Crippen LogP) is 3.78. The van der Waals surface area contributed by atoms with Gasteiger partial charge in [-0.2, -0.15) is 0 Å². The monoisotopic (exact) mass is 426 g/mol. The molecule has 2 fully saturated rings. The van der Waals surface area contributed by atoms with Crippen molar-refractivity contribution < 1.29 is 14.6 Å². The lowest BCUT2D eigenvalue weighted by molar-refractivity contribution is -0.180. The maximum atomic E-state index is 11.5. The van der Waals surface area contributed by atoms with Gasteiger partial charge in [0.25, 0.3) is 0 Å². The average Bonchev–Trinajstić information content (AvgIpc) is 2.72. The fraction of sp³-hybridized carbons (Fsp3) is 0.500. The van der Waals surface area contributed by atoms with Crippen molar-refractivity contribution in [1.29, 1.82) is 0 Å². The number of nitrogens with one attached hydrogen (secondary N) is 1. The van der Waals surface area contributed by atoms with Gasteiger partial charge >= 0.3 is 5.97 Å². The van der Waals surface area contributed by atoms with Crippen LogP contribution < -0.4 is 5.32 Å². The van der Waals surface area contributed by atoms with Gasteiger partial charge in [-0.05, 0) is 30.5 Å². The van der Waals surface area contributed by atoms with Crippen molar-refractivity contribution >= 4 is 29.2 Å². The van der Waals surface area contributed by atoms with Crippen LogP contribution >= 0.6 is 11.8 Å². The van der Waals surface area contributed by atoms with Crippen molar-refractivity contribution in [2.75, 3.05) is 25.5 Å². The Morgan fingerprint density at radius 3 is 2.80 bits per heavy atom.